The van der Waals surface area contributed by atoms with Crippen molar-refractivity contribution in [3.8, 4) is 0 Å². The molecule has 1 rings (SSSR count). The second-order valence-corrected chi connectivity index (χ2v) is 4.64. The lowest BCUT2D eigenvalue weighted by Crippen LogP contribution is -2.08. The fourth-order valence-corrected chi connectivity index (χ4v) is 1.61. The minimum absolute atomic E-state index is 0.329. The van der Waals surface area contributed by atoms with Crippen LogP contribution in [-0.4, -0.2) is 19.3 Å². The van der Waals surface area contributed by atoms with Crippen molar-refractivity contribution >= 4 is 11.4 Å². The van der Waals surface area contributed by atoms with Gasteiger partial charge in [-0.3, -0.25) is 0 Å². The molecule has 0 fully saturated rings. The van der Waals surface area contributed by atoms with Crippen molar-refractivity contribution in [2.75, 3.05) is 24.2 Å². The van der Waals surface area contributed by atoms with Crippen LogP contribution in [0.25, 0.3) is 0 Å². The van der Waals surface area contributed by atoms with E-state index in [0.29, 0.717) is 6.10 Å². The summed E-state index contributed by atoms with van der Waals surface area (Å²) >= 11 is 0. The molecular weight excluding hydrogens is 212 g/mol. The van der Waals surface area contributed by atoms with E-state index in [9.17, 15) is 0 Å². The van der Waals surface area contributed by atoms with Crippen LogP contribution in [0.15, 0.2) is 18.2 Å². The number of hydrogen-bond donors (Lipinski definition) is 2. The molecule has 0 heterocycles. The minimum atomic E-state index is 0.329. The molecular formula is C14H24N2O. The van der Waals surface area contributed by atoms with E-state index in [0.717, 1.165) is 37.4 Å². The topological polar surface area (TPSA) is 47.3 Å². The number of anilines is 2. The highest BCUT2D eigenvalue weighted by molar-refractivity contribution is 5.66. The molecule has 0 amide bonds. The van der Waals surface area contributed by atoms with Crippen molar-refractivity contribution in [3.05, 3.63) is 23.8 Å². The highest BCUT2D eigenvalue weighted by Crippen LogP contribution is 2.19. The molecule has 0 bridgehead atoms. The first-order valence-corrected chi connectivity index (χ1v) is 6.31. The van der Waals surface area contributed by atoms with Gasteiger partial charge in [0.05, 0.1) is 17.5 Å². The zero-order chi connectivity index (χ0) is 12.7. The van der Waals surface area contributed by atoms with Gasteiger partial charge in [0.15, 0.2) is 0 Å². The van der Waals surface area contributed by atoms with E-state index in [4.69, 9.17) is 10.5 Å². The van der Waals surface area contributed by atoms with Gasteiger partial charge >= 0.3 is 0 Å². The van der Waals surface area contributed by atoms with E-state index in [-0.39, 0.29) is 0 Å². The van der Waals surface area contributed by atoms with Crippen molar-refractivity contribution in [1.29, 1.82) is 0 Å². The lowest BCUT2D eigenvalue weighted by molar-refractivity contribution is 0.0765. The zero-order valence-corrected chi connectivity index (χ0v) is 11.1. The van der Waals surface area contributed by atoms with Crippen LogP contribution in [0.4, 0.5) is 11.4 Å². The second-order valence-electron chi connectivity index (χ2n) is 4.64. The molecule has 0 saturated carbocycles. The van der Waals surface area contributed by atoms with Gasteiger partial charge in [-0.05, 0) is 51.3 Å². The Hall–Kier alpha value is -1.22. The first-order valence-electron chi connectivity index (χ1n) is 6.31. The molecule has 0 aliphatic rings. The maximum atomic E-state index is 5.91. The van der Waals surface area contributed by atoms with Crippen molar-refractivity contribution in [1.82, 2.24) is 0 Å². The number of rotatable bonds is 7. The van der Waals surface area contributed by atoms with Crippen LogP contribution in [-0.2, 0) is 4.74 Å². The average Bonchev–Trinajstić information content (AvgIpc) is 2.25. The van der Waals surface area contributed by atoms with Crippen molar-refractivity contribution in [2.45, 2.75) is 39.7 Å². The van der Waals surface area contributed by atoms with Crippen LogP contribution < -0.4 is 11.1 Å². The van der Waals surface area contributed by atoms with Crippen LogP contribution >= 0.6 is 0 Å². The van der Waals surface area contributed by atoms with Crippen molar-refractivity contribution in [2.24, 2.45) is 0 Å². The molecule has 3 heteroatoms. The highest BCUT2D eigenvalue weighted by Gasteiger charge is 1.98. The average molecular weight is 236 g/mol. The third kappa shape index (κ3) is 5.59. The standard InChI is InChI=1S/C14H24N2O/c1-11(2)17-9-5-4-8-16-14-7-6-12(3)10-13(14)15/h6-7,10-11,16H,4-5,8-9,15H2,1-3H3. The predicted octanol–water partition coefficient (Wildman–Crippen LogP) is 3.19. The molecule has 0 atom stereocenters. The Kier molecular flexibility index (Phi) is 5.84. The van der Waals surface area contributed by atoms with E-state index in [1.165, 1.54) is 5.56 Å². The Balaban J connectivity index is 2.18. The summed E-state index contributed by atoms with van der Waals surface area (Å²) in [6.07, 6.45) is 2.51. The van der Waals surface area contributed by atoms with Gasteiger partial charge < -0.3 is 15.8 Å². The third-order valence-electron chi connectivity index (χ3n) is 2.54. The molecule has 0 aliphatic heterocycles. The summed E-state index contributed by atoms with van der Waals surface area (Å²) in [6.45, 7) is 7.94. The number of nitrogen functional groups attached to an aromatic ring is 1. The number of ether oxygens (including phenoxy) is 1. The second kappa shape index (κ2) is 7.17. The third-order valence-corrected chi connectivity index (χ3v) is 2.54. The smallest absolute Gasteiger partial charge is 0.0574 e. The maximum absolute atomic E-state index is 5.91. The summed E-state index contributed by atoms with van der Waals surface area (Å²) < 4.78 is 5.48. The Labute approximate surface area is 104 Å². The highest BCUT2D eigenvalue weighted by atomic mass is 16.5. The number of nitrogens with two attached hydrogens (primary N) is 1. The monoisotopic (exact) mass is 236 g/mol. The van der Waals surface area contributed by atoms with Gasteiger partial charge in [0.1, 0.15) is 0 Å². The molecule has 0 aromatic heterocycles. The summed E-state index contributed by atoms with van der Waals surface area (Å²) in [5, 5.41) is 3.35. The van der Waals surface area contributed by atoms with Crippen molar-refractivity contribution in [3.63, 3.8) is 0 Å². The molecule has 3 nitrogen and oxygen atoms in total. The largest absolute Gasteiger partial charge is 0.397 e. The van der Waals surface area contributed by atoms with Gasteiger partial charge in [0, 0.05) is 13.2 Å². The predicted molar refractivity (Wildman–Crippen MR) is 74.4 cm³/mol. The molecule has 1 aromatic carbocycles. The summed E-state index contributed by atoms with van der Waals surface area (Å²) in [4.78, 5) is 0. The normalized spacial score (nSPS) is 10.8. The fraction of sp³-hybridized carbons (Fsp3) is 0.571. The number of benzene rings is 1. The number of nitrogens with one attached hydrogen (secondary N) is 1. The molecule has 0 spiro atoms. The van der Waals surface area contributed by atoms with Crippen molar-refractivity contribution < 1.29 is 4.74 Å². The summed E-state index contributed by atoms with van der Waals surface area (Å²) in [6, 6.07) is 6.10. The molecule has 96 valence electrons. The van der Waals surface area contributed by atoms with Gasteiger partial charge in [0.25, 0.3) is 0 Å². The van der Waals surface area contributed by atoms with E-state index >= 15 is 0 Å². The van der Waals surface area contributed by atoms with Gasteiger partial charge in [-0.25, -0.2) is 0 Å². The SMILES string of the molecule is Cc1ccc(NCCCCOC(C)C)c(N)c1. The zero-order valence-electron chi connectivity index (χ0n) is 11.1. The quantitative estimate of drug-likeness (QED) is 0.564. The maximum Gasteiger partial charge on any atom is 0.0574 e. The summed E-state index contributed by atoms with van der Waals surface area (Å²) in [7, 11) is 0. The van der Waals surface area contributed by atoms with E-state index in [2.05, 4.69) is 25.2 Å². The lowest BCUT2D eigenvalue weighted by atomic mass is 10.2. The van der Waals surface area contributed by atoms with E-state index in [1.807, 2.05) is 19.1 Å². The molecule has 1 aromatic rings. The van der Waals surface area contributed by atoms with Gasteiger partial charge in [0.2, 0.25) is 0 Å². The van der Waals surface area contributed by atoms with Crippen LogP contribution in [0, 0.1) is 6.92 Å². The molecule has 0 aliphatic carbocycles. The molecule has 0 radical (unpaired) electrons. The summed E-state index contributed by atoms with van der Waals surface area (Å²) in [5.74, 6) is 0. The number of hydrogen-bond acceptors (Lipinski definition) is 3. The van der Waals surface area contributed by atoms with Crippen LogP contribution in [0.5, 0.6) is 0 Å². The molecule has 17 heavy (non-hydrogen) atoms. The van der Waals surface area contributed by atoms with E-state index in [1.54, 1.807) is 0 Å². The Morgan fingerprint density at radius 3 is 2.71 bits per heavy atom. The number of aryl methyl sites for hydroxylation is 1. The fourth-order valence-electron chi connectivity index (χ4n) is 1.61. The first-order chi connectivity index (χ1) is 8.09. The van der Waals surface area contributed by atoms with Crippen LogP contribution in [0.2, 0.25) is 0 Å². The Morgan fingerprint density at radius 1 is 1.29 bits per heavy atom. The van der Waals surface area contributed by atoms with Gasteiger partial charge in [-0.1, -0.05) is 6.07 Å². The van der Waals surface area contributed by atoms with Gasteiger partial charge in [-0.15, -0.1) is 0 Å². The molecule has 3 N–H and O–H groups in total. The molecule has 0 saturated heterocycles. The van der Waals surface area contributed by atoms with Crippen LogP contribution in [0.3, 0.4) is 0 Å². The lowest BCUT2D eigenvalue weighted by Gasteiger charge is -2.10. The van der Waals surface area contributed by atoms with Crippen LogP contribution in [0.1, 0.15) is 32.3 Å². The summed E-state index contributed by atoms with van der Waals surface area (Å²) in [5.41, 5.74) is 8.96. The number of unbranched alkanes of at least 4 members (excludes halogenated alkanes) is 1. The van der Waals surface area contributed by atoms with Gasteiger partial charge in [-0.2, -0.15) is 0 Å². The first kappa shape index (κ1) is 13.8. The minimum Gasteiger partial charge on any atom is -0.397 e. The Morgan fingerprint density at radius 2 is 2.06 bits per heavy atom. The Bertz CT molecular complexity index is 337. The molecule has 0 unspecified atom stereocenters. The van der Waals surface area contributed by atoms with E-state index < -0.39 is 0 Å².